The predicted molar refractivity (Wildman–Crippen MR) is 51.7 cm³/mol. The molecular weight excluding hydrogens is 263 g/mol. The maximum atomic E-state index is 12.8. The minimum atomic E-state index is -5.99. The molecule has 0 fully saturated rings. The first-order valence-electron chi connectivity index (χ1n) is 5.06. The van der Waals surface area contributed by atoms with Crippen LogP contribution in [-0.2, 0) is 9.59 Å². The quantitative estimate of drug-likeness (QED) is 0.743. The van der Waals surface area contributed by atoms with Gasteiger partial charge in [0.25, 0.3) is 0 Å². The maximum absolute atomic E-state index is 12.8. The van der Waals surface area contributed by atoms with Crippen molar-refractivity contribution in [3.8, 4) is 0 Å². The molecule has 0 aromatic heterocycles. The summed E-state index contributed by atoms with van der Waals surface area (Å²) in [7, 11) is 0. The number of unbranched alkanes of at least 4 members (excludes halogenated alkanes) is 1. The summed E-state index contributed by atoms with van der Waals surface area (Å²) in [4.78, 5) is 21.8. The van der Waals surface area contributed by atoms with Gasteiger partial charge in [-0.3, -0.25) is 9.59 Å². The molecule has 0 aliphatic carbocycles. The highest BCUT2D eigenvalue weighted by Gasteiger charge is 2.64. The zero-order chi connectivity index (χ0) is 14.6. The van der Waals surface area contributed by atoms with Gasteiger partial charge in [-0.05, 0) is 6.42 Å². The van der Waals surface area contributed by atoms with Crippen molar-refractivity contribution in [1.29, 1.82) is 0 Å². The maximum Gasteiger partial charge on any atom is 0.463 e. The van der Waals surface area contributed by atoms with Crippen molar-refractivity contribution in [2.75, 3.05) is 13.1 Å². The Kier molecular flexibility index (Phi) is 5.50. The topological polar surface area (TPSA) is 63.4 Å². The number of amides is 2. The largest absolute Gasteiger partial charge is 0.463 e. The lowest BCUT2D eigenvalue weighted by atomic mass is 10.2. The summed E-state index contributed by atoms with van der Waals surface area (Å²) in [5.41, 5.74) is 4.70. The van der Waals surface area contributed by atoms with Gasteiger partial charge in [-0.1, -0.05) is 13.3 Å². The van der Waals surface area contributed by atoms with E-state index in [1.807, 2.05) is 0 Å². The van der Waals surface area contributed by atoms with E-state index >= 15 is 0 Å². The molecule has 2 N–H and O–H groups in total. The first-order chi connectivity index (χ1) is 8.04. The SMILES string of the molecule is CCCCN(CC(N)=O)C(=O)C(F)(F)C(F)(F)F. The summed E-state index contributed by atoms with van der Waals surface area (Å²) in [6.45, 7) is 0.295. The summed E-state index contributed by atoms with van der Waals surface area (Å²) in [5.74, 6) is -9.13. The van der Waals surface area contributed by atoms with Crippen molar-refractivity contribution in [2.45, 2.75) is 31.9 Å². The van der Waals surface area contributed by atoms with E-state index < -0.39 is 30.5 Å². The number of nitrogens with two attached hydrogens (primary N) is 1. The van der Waals surface area contributed by atoms with Crippen LogP contribution < -0.4 is 5.73 Å². The van der Waals surface area contributed by atoms with Crippen molar-refractivity contribution < 1.29 is 31.5 Å². The molecule has 0 spiro atoms. The molecule has 0 atom stereocenters. The molecule has 0 aromatic rings. The van der Waals surface area contributed by atoms with Crippen molar-refractivity contribution in [2.24, 2.45) is 5.73 Å². The van der Waals surface area contributed by atoms with Gasteiger partial charge in [0.05, 0.1) is 6.54 Å². The Labute approximate surface area is 99.9 Å². The van der Waals surface area contributed by atoms with Crippen molar-refractivity contribution in [1.82, 2.24) is 4.90 Å². The van der Waals surface area contributed by atoms with Gasteiger partial charge >= 0.3 is 18.0 Å². The van der Waals surface area contributed by atoms with Crippen LogP contribution in [0.4, 0.5) is 22.0 Å². The Morgan fingerprint density at radius 3 is 2.00 bits per heavy atom. The van der Waals surface area contributed by atoms with Crippen LogP contribution in [0.15, 0.2) is 0 Å². The Balaban J connectivity index is 5.00. The Morgan fingerprint density at radius 2 is 1.67 bits per heavy atom. The van der Waals surface area contributed by atoms with Crippen molar-refractivity contribution >= 4 is 11.8 Å². The highest BCUT2D eigenvalue weighted by Crippen LogP contribution is 2.36. The Bertz CT molecular complexity index is 317. The normalized spacial score (nSPS) is 12.3. The van der Waals surface area contributed by atoms with Crippen LogP contribution in [0, 0.1) is 0 Å². The monoisotopic (exact) mass is 276 g/mol. The van der Waals surface area contributed by atoms with E-state index in [9.17, 15) is 31.5 Å². The number of nitrogens with zero attached hydrogens (tertiary/aromatic N) is 1. The molecule has 0 radical (unpaired) electrons. The summed E-state index contributed by atoms with van der Waals surface area (Å²) in [6, 6.07) is 0. The van der Waals surface area contributed by atoms with E-state index in [4.69, 9.17) is 5.73 Å². The number of carbonyl (C=O) groups excluding carboxylic acids is 2. The molecule has 0 saturated carbocycles. The molecular formula is C9H13F5N2O2. The van der Waals surface area contributed by atoms with Crippen molar-refractivity contribution in [3.63, 3.8) is 0 Å². The zero-order valence-corrected chi connectivity index (χ0v) is 9.56. The fraction of sp³-hybridized carbons (Fsp3) is 0.778. The fourth-order valence-electron chi connectivity index (χ4n) is 1.11. The van der Waals surface area contributed by atoms with E-state index in [-0.39, 0.29) is 17.9 Å². The van der Waals surface area contributed by atoms with Gasteiger partial charge in [-0.15, -0.1) is 0 Å². The molecule has 0 aromatic carbocycles. The van der Waals surface area contributed by atoms with Gasteiger partial charge in [0.1, 0.15) is 0 Å². The van der Waals surface area contributed by atoms with Crippen LogP contribution in [0.2, 0.25) is 0 Å². The van der Waals surface area contributed by atoms with E-state index in [1.54, 1.807) is 6.92 Å². The molecule has 2 amide bonds. The molecule has 0 aliphatic rings. The second kappa shape index (κ2) is 5.96. The standard InChI is InChI=1S/C9H13F5N2O2/c1-2-3-4-16(5-6(15)17)7(18)8(10,11)9(12,13)14/h2-5H2,1H3,(H2,15,17). The van der Waals surface area contributed by atoms with Crippen LogP contribution in [0.1, 0.15) is 19.8 Å². The molecule has 0 unspecified atom stereocenters. The van der Waals surface area contributed by atoms with E-state index in [0.29, 0.717) is 6.42 Å². The minimum absolute atomic E-state index is 0.124. The Morgan fingerprint density at radius 1 is 1.17 bits per heavy atom. The van der Waals surface area contributed by atoms with E-state index in [1.165, 1.54) is 0 Å². The summed E-state index contributed by atoms with van der Waals surface area (Å²) < 4.78 is 61.5. The Hall–Kier alpha value is -1.41. The third-order valence-corrected chi connectivity index (χ3v) is 2.04. The highest BCUT2D eigenvalue weighted by atomic mass is 19.4. The third-order valence-electron chi connectivity index (χ3n) is 2.04. The molecule has 0 rings (SSSR count). The number of carbonyl (C=O) groups is 2. The number of hydrogen-bond acceptors (Lipinski definition) is 2. The lowest BCUT2D eigenvalue weighted by molar-refractivity contribution is -0.274. The zero-order valence-electron chi connectivity index (χ0n) is 9.56. The number of primary amides is 1. The molecule has 0 saturated heterocycles. The molecule has 0 heterocycles. The third kappa shape index (κ3) is 4.11. The molecule has 18 heavy (non-hydrogen) atoms. The molecule has 0 bridgehead atoms. The number of halogens is 5. The first kappa shape index (κ1) is 16.6. The van der Waals surface area contributed by atoms with Crippen LogP contribution in [-0.4, -0.2) is 41.9 Å². The molecule has 0 aliphatic heterocycles. The van der Waals surface area contributed by atoms with Crippen LogP contribution in [0.3, 0.4) is 0 Å². The van der Waals surface area contributed by atoms with Gasteiger partial charge in [0.2, 0.25) is 5.91 Å². The minimum Gasteiger partial charge on any atom is -0.368 e. The summed E-state index contributed by atoms with van der Waals surface area (Å²) >= 11 is 0. The lowest BCUT2D eigenvalue weighted by Crippen LogP contribution is -2.54. The first-order valence-corrected chi connectivity index (χ1v) is 5.06. The van der Waals surface area contributed by atoms with Gasteiger partial charge in [-0.25, -0.2) is 0 Å². The van der Waals surface area contributed by atoms with Gasteiger partial charge in [0, 0.05) is 6.54 Å². The van der Waals surface area contributed by atoms with E-state index in [0.717, 1.165) is 0 Å². The number of alkyl halides is 5. The van der Waals surface area contributed by atoms with Crippen LogP contribution >= 0.6 is 0 Å². The summed E-state index contributed by atoms with van der Waals surface area (Å²) in [5, 5.41) is 0. The average Bonchev–Trinajstić information content (AvgIpc) is 2.20. The average molecular weight is 276 g/mol. The molecule has 4 nitrogen and oxygen atoms in total. The number of rotatable bonds is 6. The van der Waals surface area contributed by atoms with Crippen molar-refractivity contribution in [3.05, 3.63) is 0 Å². The van der Waals surface area contributed by atoms with Gasteiger partial charge in [0.15, 0.2) is 0 Å². The second-order valence-corrected chi connectivity index (χ2v) is 3.62. The van der Waals surface area contributed by atoms with E-state index in [2.05, 4.69) is 0 Å². The fourth-order valence-corrected chi connectivity index (χ4v) is 1.11. The summed E-state index contributed by atoms with van der Waals surface area (Å²) in [6.07, 6.45) is -5.35. The molecule has 9 heteroatoms. The van der Waals surface area contributed by atoms with Gasteiger partial charge in [-0.2, -0.15) is 22.0 Å². The predicted octanol–water partition coefficient (Wildman–Crippen LogP) is 1.30. The highest BCUT2D eigenvalue weighted by molar-refractivity contribution is 5.88. The smallest absolute Gasteiger partial charge is 0.368 e. The van der Waals surface area contributed by atoms with Gasteiger partial charge < -0.3 is 10.6 Å². The van der Waals surface area contributed by atoms with Crippen LogP contribution in [0.25, 0.3) is 0 Å². The number of hydrogen-bond donors (Lipinski definition) is 1. The molecule has 106 valence electrons. The second-order valence-electron chi connectivity index (χ2n) is 3.62. The lowest BCUT2D eigenvalue weighted by Gasteiger charge is -2.27. The van der Waals surface area contributed by atoms with Crippen LogP contribution in [0.5, 0.6) is 0 Å².